The van der Waals surface area contributed by atoms with Crippen LogP contribution in [0.2, 0.25) is 0 Å². The van der Waals surface area contributed by atoms with E-state index in [-0.39, 0.29) is 18.2 Å². The molecule has 0 spiro atoms. The average molecular weight is 348 g/mol. The molecule has 0 heterocycles. The second-order valence-corrected chi connectivity index (χ2v) is 6.07. The fourth-order valence-electron chi connectivity index (χ4n) is 2.78. The Morgan fingerprint density at radius 1 is 1.00 bits per heavy atom. The minimum absolute atomic E-state index is 0.0512. The van der Waals surface area contributed by atoms with E-state index in [0.717, 1.165) is 0 Å². The van der Waals surface area contributed by atoms with E-state index in [0.29, 0.717) is 37.2 Å². The van der Waals surface area contributed by atoms with Crippen molar-refractivity contribution >= 4 is 23.5 Å². The van der Waals surface area contributed by atoms with Crippen molar-refractivity contribution in [2.45, 2.75) is 47.0 Å². The number of carboxylic acids is 1. The van der Waals surface area contributed by atoms with E-state index in [4.69, 9.17) is 0 Å². The van der Waals surface area contributed by atoms with Crippen LogP contribution in [0.15, 0.2) is 24.3 Å². The molecule has 0 aliphatic rings. The molecule has 138 valence electrons. The van der Waals surface area contributed by atoms with Gasteiger partial charge in [-0.1, -0.05) is 13.8 Å². The first kappa shape index (κ1) is 20.7. The Bertz CT molecular complexity index is 602. The van der Waals surface area contributed by atoms with Gasteiger partial charge in [0, 0.05) is 30.8 Å². The van der Waals surface area contributed by atoms with Crippen molar-refractivity contribution in [2.24, 2.45) is 5.41 Å². The van der Waals surface area contributed by atoms with Crippen molar-refractivity contribution in [3.05, 3.63) is 29.8 Å². The van der Waals surface area contributed by atoms with Crippen LogP contribution in [0.4, 0.5) is 5.69 Å². The van der Waals surface area contributed by atoms with E-state index in [1.54, 1.807) is 43.0 Å². The molecule has 1 aromatic carbocycles. The van der Waals surface area contributed by atoms with E-state index < -0.39 is 11.4 Å². The zero-order valence-corrected chi connectivity index (χ0v) is 15.5. The Hall–Kier alpha value is -2.37. The Balaban J connectivity index is 2.79. The van der Waals surface area contributed by atoms with Crippen LogP contribution in [-0.4, -0.2) is 40.9 Å². The van der Waals surface area contributed by atoms with E-state index >= 15 is 0 Å². The van der Waals surface area contributed by atoms with Gasteiger partial charge in [-0.25, -0.2) is 0 Å². The number of amides is 2. The quantitative estimate of drug-likeness (QED) is 0.716. The van der Waals surface area contributed by atoms with Gasteiger partial charge in [-0.3, -0.25) is 14.4 Å². The number of hydrogen-bond donors (Lipinski definition) is 2. The first-order valence-corrected chi connectivity index (χ1v) is 8.76. The SMILES string of the molecule is CCN(CC)C(=O)c1ccc(NC(=O)CC(CC)(CC)C(=O)O)cc1. The molecule has 0 saturated carbocycles. The Kier molecular flexibility index (Phi) is 7.61. The molecule has 25 heavy (non-hydrogen) atoms. The lowest BCUT2D eigenvalue weighted by molar-refractivity contribution is -0.151. The summed E-state index contributed by atoms with van der Waals surface area (Å²) in [5.74, 6) is -1.34. The summed E-state index contributed by atoms with van der Waals surface area (Å²) in [5, 5.41) is 12.1. The summed E-state index contributed by atoms with van der Waals surface area (Å²) in [5.41, 5.74) is 0.0687. The highest BCUT2D eigenvalue weighted by Gasteiger charge is 2.37. The number of benzene rings is 1. The molecule has 0 aromatic heterocycles. The predicted molar refractivity (Wildman–Crippen MR) is 97.6 cm³/mol. The lowest BCUT2D eigenvalue weighted by Gasteiger charge is -2.25. The number of rotatable bonds is 9. The second kappa shape index (κ2) is 9.20. The predicted octanol–water partition coefficient (Wildman–Crippen LogP) is 3.39. The highest BCUT2D eigenvalue weighted by molar-refractivity contribution is 5.96. The molecule has 0 saturated heterocycles. The van der Waals surface area contributed by atoms with Crippen LogP contribution in [0.3, 0.4) is 0 Å². The zero-order chi connectivity index (χ0) is 19.0. The molecule has 0 fully saturated rings. The first-order chi connectivity index (χ1) is 11.8. The van der Waals surface area contributed by atoms with E-state index in [1.807, 2.05) is 13.8 Å². The summed E-state index contributed by atoms with van der Waals surface area (Å²) < 4.78 is 0. The number of aliphatic carboxylic acids is 1. The third-order valence-corrected chi connectivity index (χ3v) is 4.77. The summed E-state index contributed by atoms with van der Waals surface area (Å²) in [6.07, 6.45) is 0.711. The normalized spacial score (nSPS) is 11.0. The molecule has 1 aromatic rings. The summed E-state index contributed by atoms with van der Waals surface area (Å²) >= 11 is 0. The van der Waals surface area contributed by atoms with Crippen LogP contribution < -0.4 is 5.32 Å². The molecule has 0 aliphatic carbocycles. The van der Waals surface area contributed by atoms with Gasteiger partial charge in [-0.2, -0.15) is 0 Å². The summed E-state index contributed by atoms with van der Waals surface area (Å²) in [4.78, 5) is 37.7. The molecule has 0 bridgehead atoms. The van der Waals surface area contributed by atoms with Crippen molar-refractivity contribution < 1.29 is 19.5 Å². The number of nitrogens with zero attached hydrogens (tertiary/aromatic N) is 1. The topological polar surface area (TPSA) is 86.7 Å². The molecule has 0 unspecified atom stereocenters. The van der Waals surface area contributed by atoms with Crippen LogP contribution in [0.5, 0.6) is 0 Å². The third-order valence-electron chi connectivity index (χ3n) is 4.77. The number of carbonyl (C=O) groups excluding carboxylic acids is 2. The summed E-state index contributed by atoms with van der Waals surface area (Å²) in [7, 11) is 0. The molecule has 0 aliphatic heterocycles. The smallest absolute Gasteiger partial charge is 0.310 e. The van der Waals surface area contributed by atoms with Crippen LogP contribution in [-0.2, 0) is 9.59 Å². The minimum Gasteiger partial charge on any atom is -0.481 e. The van der Waals surface area contributed by atoms with Gasteiger partial charge in [-0.15, -0.1) is 0 Å². The molecular weight excluding hydrogens is 320 g/mol. The summed E-state index contributed by atoms with van der Waals surface area (Å²) in [6, 6.07) is 6.66. The van der Waals surface area contributed by atoms with Crippen molar-refractivity contribution in [2.75, 3.05) is 18.4 Å². The minimum atomic E-state index is -1.04. The van der Waals surface area contributed by atoms with Crippen molar-refractivity contribution in [1.29, 1.82) is 0 Å². The highest BCUT2D eigenvalue weighted by atomic mass is 16.4. The first-order valence-electron chi connectivity index (χ1n) is 8.76. The molecule has 6 nitrogen and oxygen atoms in total. The Labute approximate surface area is 149 Å². The van der Waals surface area contributed by atoms with Gasteiger partial charge in [0.05, 0.1) is 5.41 Å². The maximum absolute atomic E-state index is 12.3. The molecule has 1 rings (SSSR count). The zero-order valence-electron chi connectivity index (χ0n) is 15.5. The van der Waals surface area contributed by atoms with Gasteiger partial charge in [0.1, 0.15) is 0 Å². The van der Waals surface area contributed by atoms with Crippen LogP contribution in [0, 0.1) is 5.41 Å². The lowest BCUT2D eigenvalue weighted by atomic mass is 9.79. The standard InChI is InChI=1S/C19H28N2O4/c1-5-19(6-2,18(24)25)13-16(22)20-15-11-9-14(10-12-15)17(23)21(7-3)8-4/h9-12H,5-8,13H2,1-4H3,(H,20,22)(H,24,25). The molecule has 0 atom stereocenters. The number of hydrogen-bond acceptors (Lipinski definition) is 3. The lowest BCUT2D eigenvalue weighted by Crippen LogP contribution is -2.34. The molecular formula is C19H28N2O4. The fraction of sp³-hybridized carbons (Fsp3) is 0.526. The van der Waals surface area contributed by atoms with Gasteiger partial charge in [0.25, 0.3) is 5.91 Å². The largest absolute Gasteiger partial charge is 0.481 e. The van der Waals surface area contributed by atoms with Crippen LogP contribution in [0.25, 0.3) is 0 Å². The van der Waals surface area contributed by atoms with Crippen LogP contribution >= 0.6 is 0 Å². The number of anilines is 1. The van der Waals surface area contributed by atoms with Gasteiger partial charge in [-0.05, 0) is 51.0 Å². The molecule has 6 heteroatoms. The van der Waals surface area contributed by atoms with E-state index in [2.05, 4.69) is 5.32 Å². The molecule has 2 amide bonds. The van der Waals surface area contributed by atoms with Crippen molar-refractivity contribution in [1.82, 2.24) is 4.90 Å². The van der Waals surface area contributed by atoms with Gasteiger partial charge in [0.2, 0.25) is 5.91 Å². The maximum Gasteiger partial charge on any atom is 0.310 e. The van der Waals surface area contributed by atoms with E-state index in [1.165, 1.54) is 0 Å². The summed E-state index contributed by atoms with van der Waals surface area (Å²) in [6.45, 7) is 8.67. The third kappa shape index (κ3) is 5.05. The van der Waals surface area contributed by atoms with Gasteiger partial charge >= 0.3 is 5.97 Å². The maximum atomic E-state index is 12.3. The van der Waals surface area contributed by atoms with Crippen molar-refractivity contribution in [3.8, 4) is 0 Å². The second-order valence-electron chi connectivity index (χ2n) is 6.07. The number of nitrogens with one attached hydrogen (secondary N) is 1. The molecule has 2 N–H and O–H groups in total. The number of carbonyl (C=O) groups is 3. The van der Waals surface area contributed by atoms with Gasteiger partial charge < -0.3 is 15.3 Å². The fourth-order valence-corrected chi connectivity index (χ4v) is 2.78. The Morgan fingerprint density at radius 3 is 1.92 bits per heavy atom. The van der Waals surface area contributed by atoms with Crippen LogP contribution in [0.1, 0.15) is 57.3 Å². The van der Waals surface area contributed by atoms with Gasteiger partial charge in [0.15, 0.2) is 0 Å². The highest BCUT2D eigenvalue weighted by Crippen LogP contribution is 2.31. The number of carboxylic acid groups (broad SMARTS) is 1. The Morgan fingerprint density at radius 2 is 1.52 bits per heavy atom. The van der Waals surface area contributed by atoms with E-state index in [9.17, 15) is 19.5 Å². The molecule has 0 radical (unpaired) electrons. The monoisotopic (exact) mass is 348 g/mol. The average Bonchev–Trinajstić information content (AvgIpc) is 2.61. The van der Waals surface area contributed by atoms with Crippen molar-refractivity contribution in [3.63, 3.8) is 0 Å².